The van der Waals surface area contributed by atoms with E-state index >= 15 is 0 Å². The zero-order valence-electron chi connectivity index (χ0n) is 11.2. The third-order valence-corrected chi connectivity index (χ3v) is 3.19. The molecule has 0 fully saturated rings. The summed E-state index contributed by atoms with van der Waals surface area (Å²) in [5, 5.41) is 3.46. The van der Waals surface area contributed by atoms with Gasteiger partial charge in [-0.05, 0) is 43.5 Å². The van der Waals surface area contributed by atoms with Gasteiger partial charge >= 0.3 is 0 Å². The highest BCUT2D eigenvalue weighted by Crippen LogP contribution is 2.11. The first kappa shape index (κ1) is 14.2. The third-order valence-electron chi connectivity index (χ3n) is 3.19. The summed E-state index contributed by atoms with van der Waals surface area (Å²) in [6, 6.07) is 5.49. The highest BCUT2D eigenvalue weighted by atomic mass is 19.1. The molecule has 1 N–H and O–H groups in total. The van der Waals surface area contributed by atoms with E-state index in [2.05, 4.69) is 19.2 Å². The van der Waals surface area contributed by atoms with Crippen molar-refractivity contribution in [2.45, 2.75) is 59.0 Å². The minimum atomic E-state index is -0.147. The first-order chi connectivity index (χ1) is 8.13. The van der Waals surface area contributed by atoms with Gasteiger partial charge < -0.3 is 5.32 Å². The summed E-state index contributed by atoms with van der Waals surface area (Å²) < 4.78 is 13.1. The molecule has 1 nitrogen and oxygen atoms in total. The number of hydrogen-bond acceptors (Lipinski definition) is 1. The van der Waals surface area contributed by atoms with Gasteiger partial charge in [-0.2, -0.15) is 0 Å². The van der Waals surface area contributed by atoms with Crippen LogP contribution in [0.1, 0.15) is 50.7 Å². The quantitative estimate of drug-likeness (QED) is 0.701. The molecule has 17 heavy (non-hydrogen) atoms. The summed E-state index contributed by atoms with van der Waals surface area (Å²) in [7, 11) is 0. The van der Waals surface area contributed by atoms with Crippen molar-refractivity contribution in [3.8, 4) is 0 Å². The van der Waals surface area contributed by atoms with Gasteiger partial charge in [0.15, 0.2) is 0 Å². The SMILES string of the molecule is CCCCCC(C)NCc1cc(F)ccc1C. The number of benzene rings is 1. The largest absolute Gasteiger partial charge is 0.310 e. The molecule has 0 aromatic heterocycles. The average molecular weight is 237 g/mol. The molecule has 0 heterocycles. The van der Waals surface area contributed by atoms with E-state index in [1.54, 1.807) is 6.07 Å². The lowest BCUT2D eigenvalue weighted by Gasteiger charge is -2.14. The van der Waals surface area contributed by atoms with Gasteiger partial charge in [0.2, 0.25) is 0 Å². The van der Waals surface area contributed by atoms with E-state index < -0.39 is 0 Å². The molecule has 96 valence electrons. The van der Waals surface area contributed by atoms with Crippen LogP contribution >= 0.6 is 0 Å². The van der Waals surface area contributed by atoms with E-state index in [0.29, 0.717) is 6.04 Å². The minimum absolute atomic E-state index is 0.147. The maximum Gasteiger partial charge on any atom is 0.123 e. The maximum atomic E-state index is 13.1. The van der Waals surface area contributed by atoms with Crippen molar-refractivity contribution in [1.29, 1.82) is 0 Å². The van der Waals surface area contributed by atoms with Gasteiger partial charge in [0.05, 0.1) is 0 Å². The summed E-state index contributed by atoms with van der Waals surface area (Å²) in [4.78, 5) is 0. The second-order valence-corrected chi connectivity index (χ2v) is 4.85. The Balaban J connectivity index is 2.36. The predicted octanol–water partition coefficient (Wildman–Crippen LogP) is 4.19. The number of nitrogens with one attached hydrogen (secondary N) is 1. The van der Waals surface area contributed by atoms with Gasteiger partial charge in [0, 0.05) is 12.6 Å². The molecule has 1 unspecified atom stereocenters. The Morgan fingerprint density at radius 2 is 2.06 bits per heavy atom. The summed E-state index contributed by atoms with van der Waals surface area (Å²) in [5.74, 6) is -0.147. The van der Waals surface area contributed by atoms with Crippen LogP contribution in [0.2, 0.25) is 0 Å². The van der Waals surface area contributed by atoms with Crippen molar-refractivity contribution < 1.29 is 4.39 Å². The standard InChI is InChI=1S/C15H24FN/c1-4-5-6-7-13(3)17-11-14-10-15(16)9-8-12(14)2/h8-10,13,17H,4-7,11H2,1-3H3. The molecular weight excluding hydrogens is 213 g/mol. The summed E-state index contributed by atoms with van der Waals surface area (Å²) in [5.41, 5.74) is 2.21. The summed E-state index contributed by atoms with van der Waals surface area (Å²) >= 11 is 0. The van der Waals surface area contributed by atoms with Crippen LogP contribution in [0.25, 0.3) is 0 Å². The van der Waals surface area contributed by atoms with E-state index in [-0.39, 0.29) is 5.82 Å². The first-order valence-electron chi connectivity index (χ1n) is 6.62. The van der Waals surface area contributed by atoms with Crippen molar-refractivity contribution in [2.24, 2.45) is 0 Å². The maximum absolute atomic E-state index is 13.1. The molecule has 0 spiro atoms. The molecule has 0 radical (unpaired) electrons. The fourth-order valence-corrected chi connectivity index (χ4v) is 1.92. The van der Waals surface area contributed by atoms with Crippen LogP contribution in [0.4, 0.5) is 4.39 Å². The van der Waals surface area contributed by atoms with Crippen molar-refractivity contribution in [2.75, 3.05) is 0 Å². The molecule has 1 atom stereocenters. The highest BCUT2D eigenvalue weighted by molar-refractivity contribution is 5.26. The summed E-state index contributed by atoms with van der Waals surface area (Å²) in [6.45, 7) is 7.20. The predicted molar refractivity (Wildman–Crippen MR) is 71.6 cm³/mol. The fourth-order valence-electron chi connectivity index (χ4n) is 1.92. The number of hydrogen-bond donors (Lipinski definition) is 1. The van der Waals surface area contributed by atoms with Crippen LogP contribution < -0.4 is 5.32 Å². The lowest BCUT2D eigenvalue weighted by atomic mass is 10.1. The average Bonchev–Trinajstić information content (AvgIpc) is 2.31. The van der Waals surface area contributed by atoms with E-state index in [4.69, 9.17) is 0 Å². The van der Waals surface area contributed by atoms with Gasteiger partial charge in [-0.25, -0.2) is 4.39 Å². The van der Waals surface area contributed by atoms with E-state index in [0.717, 1.165) is 17.7 Å². The van der Waals surface area contributed by atoms with Gasteiger partial charge in [-0.3, -0.25) is 0 Å². The Morgan fingerprint density at radius 3 is 2.76 bits per heavy atom. The molecule has 2 heteroatoms. The Labute approximate surface area is 104 Å². The number of unbranched alkanes of at least 4 members (excludes halogenated alkanes) is 2. The molecule has 1 rings (SSSR count). The van der Waals surface area contributed by atoms with Crippen molar-refractivity contribution >= 4 is 0 Å². The van der Waals surface area contributed by atoms with E-state index in [1.807, 2.05) is 13.0 Å². The normalized spacial score (nSPS) is 12.7. The van der Waals surface area contributed by atoms with Crippen LogP contribution in [0, 0.1) is 12.7 Å². The molecule has 0 aliphatic rings. The Hall–Kier alpha value is -0.890. The zero-order chi connectivity index (χ0) is 12.7. The van der Waals surface area contributed by atoms with Gasteiger partial charge in [-0.15, -0.1) is 0 Å². The number of halogens is 1. The minimum Gasteiger partial charge on any atom is -0.310 e. The Kier molecular flexibility index (Phi) is 6.20. The lowest BCUT2D eigenvalue weighted by molar-refractivity contribution is 0.485. The molecule has 0 aliphatic carbocycles. The Morgan fingerprint density at radius 1 is 1.29 bits per heavy atom. The highest BCUT2D eigenvalue weighted by Gasteiger charge is 2.04. The second kappa shape index (κ2) is 7.44. The molecule has 0 saturated carbocycles. The molecule has 1 aromatic carbocycles. The molecule has 0 saturated heterocycles. The van der Waals surface area contributed by atoms with Crippen molar-refractivity contribution in [3.05, 3.63) is 35.1 Å². The molecular formula is C15H24FN. The van der Waals surface area contributed by atoms with Crippen LogP contribution in [0.15, 0.2) is 18.2 Å². The van der Waals surface area contributed by atoms with E-state index in [9.17, 15) is 4.39 Å². The first-order valence-corrected chi connectivity index (χ1v) is 6.62. The lowest BCUT2D eigenvalue weighted by Crippen LogP contribution is -2.25. The molecule has 1 aromatic rings. The zero-order valence-corrected chi connectivity index (χ0v) is 11.2. The molecule has 0 bridgehead atoms. The second-order valence-electron chi connectivity index (χ2n) is 4.85. The monoisotopic (exact) mass is 237 g/mol. The van der Waals surface area contributed by atoms with Gasteiger partial charge in [0.1, 0.15) is 5.82 Å². The topological polar surface area (TPSA) is 12.0 Å². The van der Waals surface area contributed by atoms with Crippen LogP contribution in [-0.4, -0.2) is 6.04 Å². The summed E-state index contributed by atoms with van der Waals surface area (Å²) in [6.07, 6.45) is 5.02. The van der Waals surface area contributed by atoms with Crippen molar-refractivity contribution in [3.63, 3.8) is 0 Å². The van der Waals surface area contributed by atoms with Crippen molar-refractivity contribution in [1.82, 2.24) is 5.32 Å². The van der Waals surface area contributed by atoms with Crippen LogP contribution in [0.3, 0.4) is 0 Å². The number of rotatable bonds is 7. The fraction of sp³-hybridized carbons (Fsp3) is 0.600. The van der Waals surface area contributed by atoms with Crippen LogP contribution in [0.5, 0.6) is 0 Å². The van der Waals surface area contributed by atoms with Crippen LogP contribution in [-0.2, 0) is 6.54 Å². The molecule has 0 amide bonds. The van der Waals surface area contributed by atoms with Gasteiger partial charge in [0.25, 0.3) is 0 Å². The smallest absolute Gasteiger partial charge is 0.123 e. The van der Waals surface area contributed by atoms with Gasteiger partial charge in [-0.1, -0.05) is 32.3 Å². The Bertz CT molecular complexity index is 336. The number of aryl methyl sites for hydroxylation is 1. The third kappa shape index (κ3) is 5.31. The molecule has 0 aliphatic heterocycles. The van der Waals surface area contributed by atoms with E-state index in [1.165, 1.54) is 31.7 Å².